The Bertz CT molecular complexity index is 834. The number of benzene rings is 1. The molecular weight excluding hydrogens is 468 g/mol. The van der Waals surface area contributed by atoms with Crippen molar-refractivity contribution in [1.82, 2.24) is 0 Å². The van der Waals surface area contributed by atoms with Crippen LogP contribution in [0.5, 0.6) is 5.75 Å². The molecule has 0 spiro atoms. The second-order valence-electron chi connectivity index (χ2n) is 8.31. The lowest BCUT2D eigenvalue weighted by Gasteiger charge is -2.39. The second-order valence-corrected chi connectivity index (χ2v) is 10.4. The topological polar surface area (TPSA) is 189 Å². The van der Waals surface area contributed by atoms with E-state index in [-0.39, 0.29) is 17.2 Å². The minimum Gasteiger partial charge on any atom is -0.714 e. The van der Waals surface area contributed by atoms with Gasteiger partial charge in [-0.1, -0.05) is 29.1 Å². The van der Waals surface area contributed by atoms with E-state index < -0.39 is 46.9 Å². The van der Waals surface area contributed by atoms with Crippen LogP contribution in [0, 0.1) is 0 Å². The van der Waals surface area contributed by atoms with Gasteiger partial charge in [-0.2, -0.15) is 8.42 Å². The van der Waals surface area contributed by atoms with Crippen molar-refractivity contribution in [2.45, 2.75) is 36.3 Å². The maximum Gasteiger partial charge on any atom is 0.284 e. The molecule has 12 nitrogen and oxygen atoms in total. The van der Waals surface area contributed by atoms with E-state index in [2.05, 4.69) is 37.6 Å². The van der Waals surface area contributed by atoms with Crippen LogP contribution in [0.4, 0.5) is 0 Å². The molecule has 0 aromatic heterocycles. The first-order valence-corrected chi connectivity index (χ1v) is 11.6. The molecule has 1 aliphatic rings. The van der Waals surface area contributed by atoms with Gasteiger partial charge < -0.3 is 39.3 Å². The van der Waals surface area contributed by atoms with Gasteiger partial charge in [0.25, 0.3) is 10.4 Å². The zero-order valence-electron chi connectivity index (χ0n) is 18.1. The number of phenols is 1. The van der Waals surface area contributed by atoms with Gasteiger partial charge in [0, 0.05) is 6.42 Å². The molecule has 1 aromatic carbocycles. The number of hydrogen-bond donors (Lipinski definition) is 5. The highest BCUT2D eigenvalue weighted by Gasteiger charge is 2.44. The van der Waals surface area contributed by atoms with Crippen LogP contribution in [0.1, 0.15) is 5.56 Å². The summed E-state index contributed by atoms with van der Waals surface area (Å²) in [7, 11) is 3.37. The molecule has 0 amide bonds. The minimum absolute atomic E-state index is 0.00258. The molecule has 0 saturated carbocycles. The quantitative estimate of drug-likeness (QED) is 0.0773. The molecule has 2 rings (SSSR count). The van der Waals surface area contributed by atoms with Gasteiger partial charge in [-0.05, 0) is 17.7 Å². The molecule has 5 N–H and O–H groups in total. The number of thioether (sulfide) groups is 1. The first kappa shape index (κ1) is 28.5. The van der Waals surface area contributed by atoms with Crippen molar-refractivity contribution in [2.75, 3.05) is 34.8 Å². The number of hydrogen-bond acceptors (Lipinski definition) is 12. The van der Waals surface area contributed by atoms with E-state index in [4.69, 9.17) is 4.74 Å². The van der Waals surface area contributed by atoms with Gasteiger partial charge in [-0.3, -0.25) is 4.28 Å². The molecule has 0 aliphatic carbocycles. The van der Waals surface area contributed by atoms with Gasteiger partial charge in [-0.15, -0.1) is 0 Å². The van der Waals surface area contributed by atoms with E-state index in [9.17, 15) is 38.5 Å². The van der Waals surface area contributed by atoms with Crippen molar-refractivity contribution >= 4 is 27.2 Å². The van der Waals surface area contributed by atoms with Crippen LogP contribution in [-0.2, 0) is 25.8 Å². The number of aliphatic hydroxyl groups is 4. The molecule has 1 aliphatic heterocycles. The standard InChI is InChI=1S/C14H19NO10S2.C4H12N/c16-6-9-11(18)12(19)13(20)14(24-9)26-10(15-25-27(21,22)23)5-7-1-3-8(17)4-2-7;1-5(2,3)4/h1-4,9,11-14,16-20H,5-6H2,(H,21,22,23);1-4H3/q;+1/p-1/t9-,11-,12+,13-,14+;/m1./s1. The average molecular weight is 499 g/mol. The van der Waals surface area contributed by atoms with Gasteiger partial charge in [0.15, 0.2) is 0 Å². The van der Waals surface area contributed by atoms with Crippen molar-refractivity contribution in [3.63, 3.8) is 0 Å². The fraction of sp³-hybridized carbons (Fsp3) is 0.611. The van der Waals surface area contributed by atoms with Crippen LogP contribution in [0.25, 0.3) is 0 Å². The summed E-state index contributed by atoms with van der Waals surface area (Å²) >= 11 is 0.643. The highest BCUT2D eigenvalue weighted by atomic mass is 32.3. The lowest BCUT2D eigenvalue weighted by molar-refractivity contribution is -0.849. The number of phenolic OH excluding ortho intramolecular Hbond substituents is 1. The predicted molar refractivity (Wildman–Crippen MR) is 115 cm³/mol. The van der Waals surface area contributed by atoms with Crippen LogP contribution < -0.4 is 0 Å². The van der Waals surface area contributed by atoms with Crippen molar-refractivity contribution < 1.29 is 52.0 Å². The number of ether oxygens (including phenoxy) is 1. The fourth-order valence-corrected chi connectivity index (χ4v) is 3.60. The average Bonchev–Trinajstić information content (AvgIpc) is 2.66. The monoisotopic (exact) mass is 498 g/mol. The normalized spacial score (nSPS) is 26.8. The summed E-state index contributed by atoms with van der Waals surface area (Å²) in [6.45, 7) is -0.641. The molecule has 14 heteroatoms. The Hall–Kier alpha value is -1.49. The van der Waals surface area contributed by atoms with Crippen LogP contribution in [0.3, 0.4) is 0 Å². The summed E-state index contributed by atoms with van der Waals surface area (Å²) in [5.41, 5.74) is -0.690. The lowest BCUT2D eigenvalue weighted by atomic mass is 10.0. The zero-order valence-corrected chi connectivity index (χ0v) is 19.7. The molecule has 32 heavy (non-hydrogen) atoms. The molecule has 184 valence electrons. The van der Waals surface area contributed by atoms with Crippen LogP contribution >= 0.6 is 11.8 Å². The molecule has 0 unspecified atom stereocenters. The predicted octanol–water partition coefficient (Wildman–Crippen LogP) is -1.42. The van der Waals surface area contributed by atoms with Gasteiger partial charge >= 0.3 is 0 Å². The van der Waals surface area contributed by atoms with Crippen LogP contribution in [-0.4, -0.2) is 113 Å². The summed E-state index contributed by atoms with van der Waals surface area (Å²) in [4.78, 5) is 0. The molecule has 1 aromatic rings. The van der Waals surface area contributed by atoms with Gasteiger partial charge in [0.2, 0.25) is 0 Å². The highest BCUT2D eigenvalue weighted by Crippen LogP contribution is 2.30. The van der Waals surface area contributed by atoms with Gasteiger partial charge in [0.1, 0.15) is 40.6 Å². The first-order valence-electron chi connectivity index (χ1n) is 9.36. The van der Waals surface area contributed by atoms with E-state index in [1.807, 2.05) is 0 Å². The Kier molecular flexibility index (Phi) is 10.8. The van der Waals surface area contributed by atoms with Gasteiger partial charge in [0.05, 0.1) is 34.8 Å². The Morgan fingerprint density at radius 3 is 2.12 bits per heavy atom. The maximum atomic E-state index is 10.7. The largest absolute Gasteiger partial charge is 0.714 e. The number of rotatable bonds is 6. The summed E-state index contributed by atoms with van der Waals surface area (Å²) in [5, 5.41) is 51.3. The van der Waals surface area contributed by atoms with E-state index in [0.29, 0.717) is 17.3 Å². The third-order valence-electron chi connectivity index (χ3n) is 3.62. The van der Waals surface area contributed by atoms with Crippen molar-refractivity contribution in [2.24, 2.45) is 5.16 Å². The minimum atomic E-state index is -5.13. The SMILES string of the molecule is C[N+](C)(C)C.O=S(=O)([O-])ON=C(Cc1ccc(O)cc1)S[C@@H]1O[C@H](CO)[C@@H](O)[C@H](O)[C@H]1O. The van der Waals surface area contributed by atoms with Crippen LogP contribution in [0.2, 0.25) is 0 Å². The summed E-state index contributed by atoms with van der Waals surface area (Å²) < 4.78 is 42.2. The third kappa shape index (κ3) is 10.9. The summed E-state index contributed by atoms with van der Waals surface area (Å²) in [6.07, 6.45) is -6.01. The summed E-state index contributed by atoms with van der Waals surface area (Å²) in [6, 6.07) is 5.75. The Morgan fingerprint density at radius 2 is 1.66 bits per heavy atom. The lowest BCUT2D eigenvalue weighted by Crippen LogP contribution is -2.57. The highest BCUT2D eigenvalue weighted by molar-refractivity contribution is 8.14. The fourth-order valence-electron chi connectivity index (χ4n) is 2.27. The first-order chi connectivity index (χ1) is 14.6. The smallest absolute Gasteiger partial charge is 0.284 e. The number of aromatic hydroxyl groups is 1. The van der Waals surface area contributed by atoms with E-state index >= 15 is 0 Å². The van der Waals surface area contributed by atoms with Gasteiger partial charge in [-0.25, -0.2) is 0 Å². The number of quaternary nitrogens is 1. The van der Waals surface area contributed by atoms with E-state index in [0.717, 1.165) is 4.48 Å². The zero-order chi connectivity index (χ0) is 24.7. The molecule has 1 heterocycles. The van der Waals surface area contributed by atoms with Crippen molar-refractivity contribution in [3.05, 3.63) is 29.8 Å². The molecule has 0 bridgehead atoms. The Labute approximate surface area is 191 Å². The third-order valence-corrected chi connectivity index (χ3v) is 4.99. The molecule has 5 atom stereocenters. The van der Waals surface area contributed by atoms with E-state index in [1.54, 1.807) is 0 Å². The summed E-state index contributed by atoms with van der Waals surface area (Å²) in [5.74, 6) is -0.00258. The van der Waals surface area contributed by atoms with Crippen molar-refractivity contribution in [3.8, 4) is 5.75 Å². The number of nitrogens with zero attached hydrogens (tertiary/aromatic N) is 2. The Balaban J connectivity index is 0.000000920. The van der Waals surface area contributed by atoms with Crippen LogP contribution in [0.15, 0.2) is 29.4 Å². The molecule has 1 fully saturated rings. The number of aliphatic hydroxyl groups excluding tert-OH is 4. The molecular formula is C18H30N2O10S2. The molecule has 1 saturated heterocycles. The van der Waals surface area contributed by atoms with E-state index in [1.165, 1.54) is 24.3 Å². The molecule has 0 radical (unpaired) electrons. The van der Waals surface area contributed by atoms with Crippen molar-refractivity contribution in [1.29, 1.82) is 0 Å². The second kappa shape index (κ2) is 12.1. The maximum absolute atomic E-state index is 10.7. The number of oxime groups is 1. The Morgan fingerprint density at radius 1 is 1.12 bits per heavy atom.